The Kier molecular flexibility index (Phi) is 4.56. The van der Waals surface area contributed by atoms with E-state index in [4.69, 9.17) is 5.73 Å². The predicted molar refractivity (Wildman–Crippen MR) is 90.8 cm³/mol. The van der Waals surface area contributed by atoms with Crippen molar-refractivity contribution in [3.05, 3.63) is 42.1 Å². The van der Waals surface area contributed by atoms with Crippen LogP contribution in [0.1, 0.15) is 26.3 Å². The molecule has 0 unspecified atom stereocenters. The van der Waals surface area contributed by atoms with Gasteiger partial charge in [0, 0.05) is 18.2 Å². The van der Waals surface area contributed by atoms with Gasteiger partial charge in [-0.15, -0.1) is 0 Å². The average molecular weight is 332 g/mol. The summed E-state index contributed by atoms with van der Waals surface area (Å²) < 4.78 is 24.3. The van der Waals surface area contributed by atoms with E-state index in [0.717, 1.165) is 17.4 Å². The van der Waals surface area contributed by atoms with Gasteiger partial charge in [-0.1, -0.05) is 24.3 Å². The Morgan fingerprint density at radius 2 is 1.74 bits per heavy atom. The molecule has 1 heterocycles. The summed E-state index contributed by atoms with van der Waals surface area (Å²) in [6, 6.07) is 8.88. The van der Waals surface area contributed by atoms with Crippen LogP contribution in [-0.4, -0.2) is 24.4 Å². The van der Waals surface area contributed by atoms with Crippen LogP contribution in [0.5, 0.6) is 0 Å². The van der Waals surface area contributed by atoms with E-state index in [-0.39, 0.29) is 10.7 Å². The van der Waals surface area contributed by atoms with Gasteiger partial charge in [0.25, 0.3) is 0 Å². The van der Waals surface area contributed by atoms with Gasteiger partial charge in [0.2, 0.25) is 0 Å². The minimum absolute atomic E-state index is 0.00116. The second-order valence-electron chi connectivity index (χ2n) is 6.29. The van der Waals surface area contributed by atoms with Gasteiger partial charge in [-0.2, -0.15) is 0 Å². The molecule has 0 aliphatic rings. The molecule has 2 N–H and O–H groups in total. The number of nitrogens with two attached hydrogens (primary N) is 1. The van der Waals surface area contributed by atoms with E-state index in [2.05, 4.69) is 4.98 Å². The van der Waals surface area contributed by atoms with Crippen molar-refractivity contribution in [3.63, 3.8) is 0 Å². The molecule has 6 heteroatoms. The van der Waals surface area contributed by atoms with Gasteiger partial charge in [0.05, 0.1) is 4.75 Å². The number of hydrogen-bond donors (Lipinski definition) is 1. The number of hydrogen-bond acceptors (Lipinski definition) is 5. The van der Waals surface area contributed by atoms with E-state index >= 15 is 0 Å². The molecule has 0 saturated carbocycles. The number of carbonyl (C=O) groups excluding carboxylic acids is 1. The van der Waals surface area contributed by atoms with Crippen molar-refractivity contribution in [1.29, 1.82) is 0 Å². The first-order valence-electron chi connectivity index (χ1n) is 7.20. The number of aromatic nitrogens is 1. The Labute approximate surface area is 136 Å². The molecule has 0 saturated heterocycles. The second kappa shape index (κ2) is 6.12. The summed E-state index contributed by atoms with van der Waals surface area (Å²) in [4.78, 5) is 14.6. The van der Waals surface area contributed by atoms with Crippen molar-refractivity contribution >= 4 is 21.9 Å². The summed E-state index contributed by atoms with van der Waals surface area (Å²) in [7, 11) is -3.59. The Bertz CT molecular complexity index is 820. The van der Waals surface area contributed by atoms with Crippen LogP contribution < -0.4 is 5.73 Å². The van der Waals surface area contributed by atoms with Crippen LogP contribution in [0, 0.1) is 0 Å². The highest BCUT2D eigenvalue weighted by molar-refractivity contribution is 7.93. The molecule has 23 heavy (non-hydrogen) atoms. The second-order valence-corrected chi connectivity index (χ2v) is 8.96. The van der Waals surface area contributed by atoms with Crippen LogP contribution in [-0.2, 0) is 21.1 Å². The lowest BCUT2D eigenvalue weighted by Gasteiger charge is -2.20. The monoisotopic (exact) mass is 332 g/mol. The number of anilines is 1. The molecule has 2 rings (SSSR count). The zero-order chi connectivity index (χ0) is 17.3. The lowest BCUT2D eigenvalue weighted by atomic mass is 10.0. The molecule has 0 aliphatic heterocycles. The van der Waals surface area contributed by atoms with Gasteiger partial charge in [0.1, 0.15) is 17.0 Å². The topological polar surface area (TPSA) is 90.1 Å². The minimum atomic E-state index is -3.59. The first-order chi connectivity index (χ1) is 10.7. The normalized spacial score (nSPS) is 12.1. The zero-order valence-corrected chi connectivity index (χ0v) is 14.2. The maximum absolute atomic E-state index is 12.6. The Balaban J connectivity index is 2.51. The van der Waals surface area contributed by atoms with Crippen LogP contribution in [0.25, 0.3) is 11.1 Å². The van der Waals surface area contributed by atoms with Crippen molar-refractivity contribution in [3.8, 4) is 11.1 Å². The van der Waals surface area contributed by atoms with E-state index in [1.165, 1.54) is 0 Å². The summed E-state index contributed by atoms with van der Waals surface area (Å²) in [5.41, 5.74) is 8.17. The van der Waals surface area contributed by atoms with Gasteiger partial charge < -0.3 is 10.5 Å². The van der Waals surface area contributed by atoms with Gasteiger partial charge in [-0.05, 0) is 38.0 Å². The summed E-state index contributed by atoms with van der Waals surface area (Å²) in [6.45, 7) is 4.88. The third-order valence-corrected chi connectivity index (χ3v) is 6.10. The molecule has 0 amide bonds. The van der Waals surface area contributed by atoms with Crippen LogP contribution in [0.15, 0.2) is 41.4 Å². The maximum atomic E-state index is 12.6. The van der Waals surface area contributed by atoms with E-state index in [9.17, 15) is 13.2 Å². The van der Waals surface area contributed by atoms with E-state index in [0.29, 0.717) is 12.0 Å². The van der Waals surface area contributed by atoms with Crippen LogP contribution in [0.4, 0.5) is 5.82 Å². The van der Waals surface area contributed by atoms with Gasteiger partial charge in [0.15, 0.2) is 9.84 Å². The summed E-state index contributed by atoms with van der Waals surface area (Å²) in [5.74, 6) is 0.00116. The fourth-order valence-electron chi connectivity index (χ4n) is 2.09. The molecule has 0 fully saturated rings. The van der Waals surface area contributed by atoms with E-state index in [1.807, 2.05) is 24.3 Å². The molecule has 0 radical (unpaired) electrons. The number of rotatable bonds is 4. The van der Waals surface area contributed by atoms with Crippen molar-refractivity contribution in [2.24, 2.45) is 0 Å². The Morgan fingerprint density at radius 1 is 1.13 bits per heavy atom. The van der Waals surface area contributed by atoms with Gasteiger partial charge in [-0.3, -0.25) is 0 Å². The number of sulfone groups is 1. The largest absolute Gasteiger partial charge is 0.383 e. The highest BCUT2D eigenvalue weighted by Crippen LogP contribution is 2.31. The van der Waals surface area contributed by atoms with E-state index in [1.54, 1.807) is 33.0 Å². The van der Waals surface area contributed by atoms with Crippen molar-refractivity contribution in [1.82, 2.24) is 4.98 Å². The summed E-state index contributed by atoms with van der Waals surface area (Å²) in [5, 5.41) is 0. The fourth-order valence-corrected chi connectivity index (χ4v) is 3.36. The molecule has 5 nitrogen and oxygen atoms in total. The third kappa shape index (κ3) is 3.42. The first kappa shape index (κ1) is 17.1. The molecule has 0 spiro atoms. The van der Waals surface area contributed by atoms with Gasteiger partial charge >= 0.3 is 0 Å². The first-order valence-corrected chi connectivity index (χ1v) is 8.68. The SMILES string of the molecule is CC(C)(C)S(=O)(=O)c1cc(-c2ccc(CC=O)cc2)cnc1N. The molecule has 122 valence electrons. The molecule has 1 aromatic heterocycles. The van der Waals surface area contributed by atoms with Crippen molar-refractivity contribution in [2.45, 2.75) is 36.8 Å². The lowest BCUT2D eigenvalue weighted by molar-refractivity contribution is -0.107. The number of nitrogen functional groups attached to an aromatic ring is 1. The standard InChI is InChI=1S/C17H20N2O3S/c1-17(2,3)23(21,22)15-10-14(11-19-16(15)18)13-6-4-12(5-7-13)8-9-20/h4-7,9-11H,8H2,1-3H3,(H2,18,19). The highest BCUT2D eigenvalue weighted by atomic mass is 32.2. The molecule has 0 atom stereocenters. The smallest absolute Gasteiger partial charge is 0.186 e. The highest BCUT2D eigenvalue weighted by Gasteiger charge is 2.33. The summed E-state index contributed by atoms with van der Waals surface area (Å²) in [6.07, 6.45) is 2.74. The number of carbonyl (C=O) groups is 1. The van der Waals surface area contributed by atoms with Crippen molar-refractivity contribution in [2.75, 3.05) is 5.73 Å². The Morgan fingerprint density at radius 3 is 2.26 bits per heavy atom. The maximum Gasteiger partial charge on any atom is 0.186 e. The van der Waals surface area contributed by atoms with Crippen LogP contribution in [0.3, 0.4) is 0 Å². The lowest BCUT2D eigenvalue weighted by Crippen LogP contribution is -2.28. The molecule has 1 aromatic carbocycles. The predicted octanol–water partition coefficient (Wildman–Crippen LogP) is 2.64. The molecule has 0 bridgehead atoms. The number of nitrogens with zero attached hydrogens (tertiary/aromatic N) is 1. The fraction of sp³-hybridized carbons (Fsp3) is 0.294. The quantitative estimate of drug-likeness (QED) is 0.869. The third-order valence-electron chi connectivity index (χ3n) is 3.58. The minimum Gasteiger partial charge on any atom is -0.383 e. The van der Waals surface area contributed by atoms with Crippen LogP contribution >= 0.6 is 0 Å². The van der Waals surface area contributed by atoms with Crippen molar-refractivity contribution < 1.29 is 13.2 Å². The molecular formula is C17H20N2O3S. The number of aldehydes is 1. The molecule has 2 aromatic rings. The average Bonchev–Trinajstić information content (AvgIpc) is 2.47. The number of pyridine rings is 1. The molecular weight excluding hydrogens is 312 g/mol. The van der Waals surface area contributed by atoms with E-state index < -0.39 is 14.6 Å². The Hall–Kier alpha value is -2.21. The molecule has 0 aliphatic carbocycles. The van der Waals surface area contributed by atoms with Crippen LogP contribution in [0.2, 0.25) is 0 Å². The zero-order valence-electron chi connectivity index (χ0n) is 13.4. The van der Waals surface area contributed by atoms with Gasteiger partial charge in [-0.25, -0.2) is 13.4 Å². The summed E-state index contributed by atoms with van der Waals surface area (Å²) >= 11 is 0. The number of benzene rings is 1.